The van der Waals surface area contributed by atoms with E-state index >= 15 is 0 Å². The average Bonchev–Trinajstić information content (AvgIpc) is 2.93. The maximum Gasteiger partial charge on any atom is 0.416 e. The van der Waals surface area contributed by atoms with Crippen molar-refractivity contribution in [3.05, 3.63) is 69.7 Å². The standard InChI is InChI=1S/C29H31ClF6N4O4/c1-37(2)10-3-4-23-26(42)38(15-18-5-7-22(30)8-6-18)16-24-39(11-9-25(41)40(23)24)27(43)44-17-19-12-20(28(31,32)33)14-21(13-19)29(34,35)36/h5-8,12-14,23-24H,3-4,9-11,15-17H2,1-2H3/t23-,24+/m0/s1. The number of benzene rings is 2. The number of carbonyl (C=O) groups is 3. The summed E-state index contributed by atoms with van der Waals surface area (Å²) in [6, 6.07) is 6.89. The van der Waals surface area contributed by atoms with Gasteiger partial charge in [-0.3, -0.25) is 14.5 Å². The summed E-state index contributed by atoms with van der Waals surface area (Å²) in [7, 11) is 3.73. The van der Waals surface area contributed by atoms with Crippen LogP contribution in [0, 0.1) is 0 Å². The van der Waals surface area contributed by atoms with E-state index in [1.54, 1.807) is 24.3 Å². The highest BCUT2D eigenvalue weighted by molar-refractivity contribution is 6.30. The number of alkyl halides is 6. The number of halogens is 7. The predicted molar refractivity (Wildman–Crippen MR) is 147 cm³/mol. The molecule has 8 nitrogen and oxygen atoms in total. The van der Waals surface area contributed by atoms with Crippen molar-refractivity contribution in [3.8, 4) is 0 Å². The third-order valence-corrected chi connectivity index (χ3v) is 7.72. The fourth-order valence-electron chi connectivity index (χ4n) is 5.36. The van der Waals surface area contributed by atoms with E-state index in [-0.39, 0.29) is 43.9 Å². The maximum absolute atomic E-state index is 13.7. The van der Waals surface area contributed by atoms with E-state index in [0.717, 1.165) is 5.56 Å². The number of piperazine rings is 1. The van der Waals surface area contributed by atoms with Gasteiger partial charge in [-0.1, -0.05) is 23.7 Å². The molecule has 44 heavy (non-hydrogen) atoms. The van der Waals surface area contributed by atoms with Gasteiger partial charge in [-0.05, 0) is 74.9 Å². The Bertz CT molecular complexity index is 1340. The first-order valence-electron chi connectivity index (χ1n) is 13.8. The summed E-state index contributed by atoms with van der Waals surface area (Å²) in [5.74, 6) is -0.650. The van der Waals surface area contributed by atoms with E-state index in [1.165, 1.54) is 14.7 Å². The highest BCUT2D eigenvalue weighted by Crippen LogP contribution is 2.37. The molecule has 0 spiro atoms. The van der Waals surface area contributed by atoms with Crippen molar-refractivity contribution in [1.82, 2.24) is 19.6 Å². The second kappa shape index (κ2) is 13.2. The van der Waals surface area contributed by atoms with Crippen LogP contribution in [-0.2, 0) is 39.8 Å². The fraction of sp³-hybridized carbons (Fsp3) is 0.483. The molecule has 0 saturated carbocycles. The van der Waals surface area contributed by atoms with Crippen molar-refractivity contribution < 1.29 is 45.5 Å². The second-order valence-electron chi connectivity index (χ2n) is 11.0. The van der Waals surface area contributed by atoms with Gasteiger partial charge < -0.3 is 19.4 Å². The smallest absolute Gasteiger partial charge is 0.416 e. The minimum atomic E-state index is -5.06. The zero-order chi connectivity index (χ0) is 32.4. The number of hydrogen-bond donors (Lipinski definition) is 0. The molecule has 2 atom stereocenters. The minimum absolute atomic E-state index is 0.00972. The molecule has 240 valence electrons. The Kier molecular flexibility index (Phi) is 10.0. The largest absolute Gasteiger partial charge is 0.444 e. The Balaban J connectivity index is 1.58. The number of fused-ring (bicyclic) bond motifs is 1. The van der Waals surface area contributed by atoms with Crippen LogP contribution in [0.25, 0.3) is 0 Å². The highest BCUT2D eigenvalue weighted by Gasteiger charge is 2.49. The molecule has 2 aliphatic heterocycles. The third kappa shape index (κ3) is 7.95. The lowest BCUT2D eigenvalue weighted by Crippen LogP contribution is -2.71. The van der Waals surface area contributed by atoms with E-state index in [4.69, 9.17) is 16.3 Å². The Morgan fingerprint density at radius 3 is 2.16 bits per heavy atom. The van der Waals surface area contributed by atoms with Gasteiger partial charge in [0.2, 0.25) is 11.8 Å². The lowest BCUT2D eigenvalue weighted by atomic mass is 9.99. The van der Waals surface area contributed by atoms with Crippen LogP contribution >= 0.6 is 11.6 Å². The second-order valence-corrected chi connectivity index (χ2v) is 11.4. The molecule has 0 unspecified atom stereocenters. The number of carbonyl (C=O) groups excluding carboxylic acids is 3. The normalized spacial score (nSPS) is 19.5. The van der Waals surface area contributed by atoms with Crippen LogP contribution < -0.4 is 0 Å². The van der Waals surface area contributed by atoms with Gasteiger partial charge in [0, 0.05) is 24.5 Å². The molecule has 15 heteroatoms. The summed E-state index contributed by atoms with van der Waals surface area (Å²) in [6.07, 6.45) is -11.4. The summed E-state index contributed by atoms with van der Waals surface area (Å²) >= 11 is 5.99. The van der Waals surface area contributed by atoms with Gasteiger partial charge in [0.05, 0.1) is 17.7 Å². The van der Waals surface area contributed by atoms with Crippen molar-refractivity contribution in [3.63, 3.8) is 0 Å². The zero-order valence-electron chi connectivity index (χ0n) is 23.9. The molecule has 0 N–H and O–H groups in total. The predicted octanol–water partition coefficient (Wildman–Crippen LogP) is 5.63. The van der Waals surface area contributed by atoms with Gasteiger partial charge in [0.15, 0.2) is 0 Å². The van der Waals surface area contributed by atoms with Gasteiger partial charge in [-0.2, -0.15) is 26.3 Å². The van der Waals surface area contributed by atoms with Crippen LogP contribution in [0.3, 0.4) is 0 Å². The van der Waals surface area contributed by atoms with Gasteiger partial charge in [-0.25, -0.2) is 4.79 Å². The van der Waals surface area contributed by atoms with Gasteiger partial charge in [0.1, 0.15) is 18.8 Å². The number of hydrogen-bond acceptors (Lipinski definition) is 5. The number of ether oxygens (including phenoxy) is 1. The molecule has 2 aromatic rings. The summed E-state index contributed by atoms with van der Waals surface area (Å²) in [5.41, 5.74) is -2.81. The Hall–Kier alpha value is -3.52. The molecule has 0 bridgehead atoms. The molecule has 2 heterocycles. The Morgan fingerprint density at radius 2 is 1.59 bits per heavy atom. The molecule has 2 fully saturated rings. The molecule has 2 aliphatic rings. The van der Waals surface area contributed by atoms with Gasteiger partial charge >= 0.3 is 18.4 Å². The number of amides is 3. The molecule has 3 amide bonds. The van der Waals surface area contributed by atoms with Crippen LogP contribution in [0.4, 0.5) is 31.1 Å². The first-order chi connectivity index (χ1) is 20.5. The molecular formula is C29H31ClF6N4O4. The molecule has 0 aromatic heterocycles. The summed E-state index contributed by atoms with van der Waals surface area (Å²) in [6.45, 7) is -0.262. The van der Waals surface area contributed by atoms with Crippen molar-refractivity contribution >= 4 is 29.5 Å². The zero-order valence-corrected chi connectivity index (χ0v) is 24.7. The lowest BCUT2D eigenvalue weighted by Gasteiger charge is -2.52. The van der Waals surface area contributed by atoms with E-state index in [1.807, 2.05) is 19.0 Å². The van der Waals surface area contributed by atoms with E-state index in [9.17, 15) is 40.7 Å². The quantitative estimate of drug-likeness (QED) is 0.347. The first kappa shape index (κ1) is 33.4. The summed E-state index contributed by atoms with van der Waals surface area (Å²) in [5, 5.41) is 0.501. The van der Waals surface area contributed by atoms with Crippen molar-refractivity contribution in [2.75, 3.05) is 33.7 Å². The third-order valence-electron chi connectivity index (χ3n) is 7.47. The Morgan fingerprint density at radius 1 is 0.977 bits per heavy atom. The average molecular weight is 649 g/mol. The topological polar surface area (TPSA) is 73.4 Å². The van der Waals surface area contributed by atoms with E-state index in [2.05, 4.69) is 0 Å². The minimum Gasteiger partial charge on any atom is -0.444 e. The van der Waals surface area contributed by atoms with Crippen LogP contribution in [0.5, 0.6) is 0 Å². The molecular weight excluding hydrogens is 618 g/mol. The van der Waals surface area contributed by atoms with Crippen LogP contribution in [0.1, 0.15) is 41.5 Å². The summed E-state index contributed by atoms with van der Waals surface area (Å²) in [4.78, 5) is 46.1. The van der Waals surface area contributed by atoms with Crippen LogP contribution in [-0.4, -0.2) is 83.4 Å². The lowest BCUT2D eigenvalue weighted by molar-refractivity contribution is -0.169. The summed E-state index contributed by atoms with van der Waals surface area (Å²) < 4.78 is 85.0. The highest BCUT2D eigenvalue weighted by atomic mass is 35.5. The van der Waals surface area contributed by atoms with Crippen molar-refractivity contribution in [2.45, 2.75) is 57.0 Å². The van der Waals surface area contributed by atoms with Crippen molar-refractivity contribution in [1.29, 1.82) is 0 Å². The molecule has 2 aromatic carbocycles. The van der Waals surface area contributed by atoms with Crippen molar-refractivity contribution in [2.24, 2.45) is 0 Å². The molecule has 4 rings (SSSR count). The van der Waals surface area contributed by atoms with Gasteiger partial charge in [0.25, 0.3) is 0 Å². The van der Waals surface area contributed by atoms with Crippen LogP contribution in [0.2, 0.25) is 5.02 Å². The van der Waals surface area contributed by atoms with Crippen LogP contribution in [0.15, 0.2) is 42.5 Å². The first-order valence-corrected chi connectivity index (χ1v) is 14.1. The monoisotopic (exact) mass is 648 g/mol. The number of nitrogens with zero attached hydrogens (tertiary/aromatic N) is 4. The SMILES string of the molecule is CN(C)CCC[C@H]1C(=O)N(Cc2ccc(Cl)cc2)C[C@@H]2N(C(=O)OCc3cc(C(F)(F)F)cc(C(F)(F)F)c3)CCC(=O)N21. The maximum atomic E-state index is 13.7. The molecule has 0 radical (unpaired) electrons. The van der Waals surface area contributed by atoms with E-state index in [0.29, 0.717) is 36.5 Å². The Labute approximate surface area is 255 Å². The fourth-order valence-corrected chi connectivity index (χ4v) is 5.48. The number of rotatable bonds is 8. The van der Waals surface area contributed by atoms with E-state index < -0.39 is 54.0 Å². The molecule has 0 aliphatic carbocycles. The molecule has 2 saturated heterocycles. The van der Waals surface area contributed by atoms with Gasteiger partial charge in [-0.15, -0.1) is 0 Å².